The van der Waals surface area contributed by atoms with Crippen molar-refractivity contribution in [2.45, 2.75) is 37.4 Å². The van der Waals surface area contributed by atoms with Gasteiger partial charge in [-0.3, -0.25) is 4.79 Å². The van der Waals surface area contributed by atoms with Gasteiger partial charge in [0.2, 0.25) is 15.9 Å². The summed E-state index contributed by atoms with van der Waals surface area (Å²) in [6.45, 7) is 0.735. The number of carbonyl (C=O) groups is 1. The number of sulfonamides is 1. The molecule has 9 heteroatoms. The van der Waals surface area contributed by atoms with Crippen molar-refractivity contribution in [3.05, 3.63) is 59.7 Å². The van der Waals surface area contributed by atoms with E-state index in [4.69, 9.17) is 0 Å². The van der Waals surface area contributed by atoms with Crippen LogP contribution in [0.1, 0.15) is 31.2 Å². The Morgan fingerprint density at radius 1 is 1.06 bits per heavy atom. The van der Waals surface area contributed by atoms with Crippen LogP contribution in [0.2, 0.25) is 0 Å². The number of halogens is 3. The molecule has 0 radical (unpaired) electrons. The molecule has 32 heavy (non-hydrogen) atoms. The quantitative estimate of drug-likeness (QED) is 0.730. The van der Waals surface area contributed by atoms with E-state index in [-0.39, 0.29) is 35.1 Å². The number of nitrogens with zero attached hydrogens (tertiary/aromatic N) is 1. The highest BCUT2D eigenvalue weighted by Gasteiger charge is 2.62. The first-order chi connectivity index (χ1) is 15.1. The van der Waals surface area contributed by atoms with Crippen LogP contribution in [0.3, 0.4) is 0 Å². The number of benzene rings is 2. The minimum Gasteiger partial charge on any atom is -0.342 e. The summed E-state index contributed by atoms with van der Waals surface area (Å²) in [5, 5.41) is 0. The van der Waals surface area contributed by atoms with Crippen LogP contribution < -0.4 is 4.72 Å². The summed E-state index contributed by atoms with van der Waals surface area (Å²) in [7, 11) is -3.35. The molecule has 172 valence electrons. The Hall–Kier alpha value is -2.39. The van der Waals surface area contributed by atoms with Gasteiger partial charge in [-0.2, -0.15) is 0 Å². The highest BCUT2D eigenvalue weighted by Crippen LogP contribution is 2.58. The minimum absolute atomic E-state index is 0.0551. The maximum absolute atomic E-state index is 15.9. The van der Waals surface area contributed by atoms with Crippen molar-refractivity contribution in [3.63, 3.8) is 0 Å². The van der Waals surface area contributed by atoms with Gasteiger partial charge in [-0.1, -0.05) is 30.3 Å². The molecule has 3 atom stereocenters. The molecule has 2 unspecified atom stereocenters. The molecule has 1 heterocycles. The Balaban J connectivity index is 1.54. The molecule has 4 rings (SSSR count). The van der Waals surface area contributed by atoms with Gasteiger partial charge >= 0.3 is 0 Å². The number of hydrogen-bond acceptors (Lipinski definition) is 3. The Morgan fingerprint density at radius 2 is 1.75 bits per heavy atom. The van der Waals surface area contributed by atoms with Crippen LogP contribution in [0.5, 0.6) is 0 Å². The van der Waals surface area contributed by atoms with E-state index in [9.17, 15) is 22.0 Å². The van der Waals surface area contributed by atoms with Crippen LogP contribution in [0, 0.1) is 17.6 Å². The minimum atomic E-state index is -3.35. The van der Waals surface area contributed by atoms with E-state index < -0.39 is 33.2 Å². The zero-order valence-electron chi connectivity index (χ0n) is 17.7. The highest BCUT2D eigenvalue weighted by molar-refractivity contribution is 7.88. The smallest absolute Gasteiger partial charge is 0.229 e. The molecule has 1 aliphatic heterocycles. The van der Waals surface area contributed by atoms with Crippen molar-refractivity contribution in [2.75, 3.05) is 19.3 Å². The molecular formula is C23H25F3N2O3S. The zero-order valence-corrected chi connectivity index (χ0v) is 18.5. The molecule has 5 nitrogen and oxygen atoms in total. The van der Waals surface area contributed by atoms with E-state index >= 15 is 4.39 Å². The maximum Gasteiger partial charge on any atom is 0.229 e. The fraction of sp³-hybridized carbons (Fsp3) is 0.435. The van der Waals surface area contributed by atoms with Crippen LogP contribution in [0.4, 0.5) is 13.2 Å². The fourth-order valence-electron chi connectivity index (χ4n) is 4.60. The molecule has 2 aliphatic rings. The SMILES string of the molecule is CS(=O)(=O)N[C@H]1CCCN(C(=O)C2CC2(F)c2ccccc2-c2c(F)cccc2F)CC1. The van der Waals surface area contributed by atoms with Gasteiger partial charge in [-0.25, -0.2) is 26.3 Å². The van der Waals surface area contributed by atoms with Gasteiger partial charge in [0.15, 0.2) is 0 Å². The topological polar surface area (TPSA) is 66.5 Å². The number of carbonyl (C=O) groups excluding carboxylic acids is 1. The largest absolute Gasteiger partial charge is 0.342 e. The van der Waals surface area contributed by atoms with Crippen molar-refractivity contribution >= 4 is 15.9 Å². The number of amides is 1. The lowest BCUT2D eigenvalue weighted by atomic mass is 9.93. The van der Waals surface area contributed by atoms with E-state index in [0.29, 0.717) is 32.4 Å². The summed E-state index contributed by atoms with van der Waals surface area (Å²) in [4.78, 5) is 14.6. The van der Waals surface area contributed by atoms with Crippen LogP contribution in [-0.2, 0) is 20.5 Å². The lowest BCUT2D eigenvalue weighted by Gasteiger charge is -2.22. The van der Waals surface area contributed by atoms with Crippen LogP contribution in [0.15, 0.2) is 42.5 Å². The van der Waals surface area contributed by atoms with Gasteiger partial charge in [0, 0.05) is 25.6 Å². The molecule has 1 amide bonds. The second-order valence-electron chi connectivity index (χ2n) is 8.60. The van der Waals surface area contributed by atoms with Gasteiger partial charge in [0.25, 0.3) is 0 Å². The molecule has 1 aliphatic carbocycles. The van der Waals surface area contributed by atoms with Crippen molar-refractivity contribution in [1.29, 1.82) is 0 Å². The standard InChI is InChI=1S/C23H25F3N2O3S/c1-32(30,31)27-15-6-5-12-28(13-11-15)22(29)18-14-23(18,26)17-8-3-2-7-16(17)21-19(24)9-4-10-20(21)25/h2-4,7-10,15,18,27H,5-6,11-14H2,1H3/t15-,18?,23?/m0/s1. The van der Waals surface area contributed by atoms with Gasteiger partial charge in [0.05, 0.1) is 17.7 Å². The Morgan fingerprint density at radius 3 is 2.44 bits per heavy atom. The predicted molar refractivity (Wildman–Crippen MR) is 115 cm³/mol. The van der Waals surface area contributed by atoms with Crippen LogP contribution in [0.25, 0.3) is 11.1 Å². The lowest BCUT2D eigenvalue weighted by molar-refractivity contribution is -0.133. The van der Waals surface area contributed by atoms with Crippen LogP contribution >= 0.6 is 0 Å². The average Bonchev–Trinajstić information content (AvgIpc) is 3.46. The average molecular weight is 467 g/mol. The molecular weight excluding hydrogens is 441 g/mol. The molecule has 2 aromatic rings. The summed E-state index contributed by atoms with van der Waals surface area (Å²) in [6.07, 6.45) is 2.68. The van der Waals surface area contributed by atoms with Gasteiger partial charge in [-0.15, -0.1) is 0 Å². The molecule has 1 saturated carbocycles. The van der Waals surface area contributed by atoms with E-state index in [1.165, 1.54) is 18.2 Å². The van der Waals surface area contributed by atoms with E-state index in [0.717, 1.165) is 18.4 Å². The highest BCUT2D eigenvalue weighted by atomic mass is 32.2. The van der Waals surface area contributed by atoms with Crippen molar-refractivity contribution in [3.8, 4) is 11.1 Å². The second kappa shape index (κ2) is 8.51. The number of likely N-dealkylation sites (tertiary alicyclic amines) is 1. The number of hydrogen-bond donors (Lipinski definition) is 1. The fourth-order valence-corrected chi connectivity index (χ4v) is 5.44. The Bertz CT molecular complexity index is 1120. The third-order valence-corrected chi connectivity index (χ3v) is 6.98. The first kappa shape index (κ1) is 22.8. The molecule has 0 aromatic heterocycles. The molecule has 1 saturated heterocycles. The Labute approximate surface area is 185 Å². The van der Waals surface area contributed by atoms with E-state index in [1.807, 2.05) is 0 Å². The van der Waals surface area contributed by atoms with Gasteiger partial charge < -0.3 is 4.90 Å². The number of rotatable bonds is 5. The summed E-state index contributed by atoms with van der Waals surface area (Å²) in [6, 6.07) is 9.33. The first-order valence-corrected chi connectivity index (χ1v) is 12.5. The van der Waals surface area contributed by atoms with E-state index in [2.05, 4.69) is 4.72 Å². The van der Waals surface area contributed by atoms with Crippen molar-refractivity contribution in [2.24, 2.45) is 5.92 Å². The number of alkyl halides is 1. The summed E-state index contributed by atoms with van der Waals surface area (Å²) >= 11 is 0. The third kappa shape index (κ3) is 4.54. The van der Waals surface area contributed by atoms with Crippen molar-refractivity contribution in [1.82, 2.24) is 9.62 Å². The summed E-state index contributed by atoms with van der Waals surface area (Å²) in [5.74, 6) is -2.86. The maximum atomic E-state index is 15.9. The normalized spacial score (nSPS) is 25.9. The third-order valence-electron chi connectivity index (χ3n) is 6.22. The van der Waals surface area contributed by atoms with Gasteiger partial charge in [-0.05, 0) is 42.5 Å². The van der Waals surface area contributed by atoms with Gasteiger partial charge in [0.1, 0.15) is 17.3 Å². The first-order valence-electron chi connectivity index (χ1n) is 10.6. The van der Waals surface area contributed by atoms with Crippen LogP contribution in [-0.4, -0.2) is 44.6 Å². The molecule has 2 fully saturated rings. The van der Waals surface area contributed by atoms with Crippen molar-refractivity contribution < 1.29 is 26.4 Å². The lowest BCUT2D eigenvalue weighted by Crippen LogP contribution is -2.37. The van der Waals surface area contributed by atoms with E-state index in [1.54, 1.807) is 17.0 Å². The second-order valence-corrected chi connectivity index (χ2v) is 10.4. The predicted octanol–water partition coefficient (Wildman–Crippen LogP) is 3.75. The summed E-state index contributed by atoms with van der Waals surface area (Å²) < 4.78 is 70.2. The molecule has 2 aromatic carbocycles. The molecule has 1 N–H and O–H groups in total. The summed E-state index contributed by atoms with van der Waals surface area (Å²) in [5.41, 5.74) is -2.09. The molecule has 0 bridgehead atoms. The molecule has 0 spiro atoms. The monoisotopic (exact) mass is 466 g/mol. The number of nitrogens with one attached hydrogen (secondary N) is 1. The Kier molecular flexibility index (Phi) is 6.06. The zero-order chi connectivity index (χ0) is 23.1.